The minimum Gasteiger partial charge on any atom is -0.381 e. The molecule has 0 bridgehead atoms. The SMILES string of the molecule is CCn1ncc2c(NC3CCOCC3)c(C(=O)NCc3ccc(I)cc3)cnc21. The third kappa shape index (κ3) is 4.53. The summed E-state index contributed by atoms with van der Waals surface area (Å²) in [6.45, 7) is 4.69. The van der Waals surface area contributed by atoms with E-state index in [-0.39, 0.29) is 11.9 Å². The lowest BCUT2D eigenvalue weighted by molar-refractivity contribution is 0.0904. The molecule has 152 valence electrons. The number of amides is 1. The molecule has 3 aromatic rings. The number of aryl methyl sites for hydroxylation is 1. The Morgan fingerprint density at radius 3 is 2.72 bits per heavy atom. The molecule has 0 atom stereocenters. The number of anilines is 1. The summed E-state index contributed by atoms with van der Waals surface area (Å²) in [6, 6.07) is 8.38. The summed E-state index contributed by atoms with van der Waals surface area (Å²) in [7, 11) is 0. The number of pyridine rings is 1. The lowest BCUT2D eigenvalue weighted by atomic mass is 10.1. The molecule has 1 amide bonds. The van der Waals surface area contributed by atoms with E-state index in [0.717, 1.165) is 54.9 Å². The highest BCUT2D eigenvalue weighted by atomic mass is 127. The van der Waals surface area contributed by atoms with Crippen LogP contribution in [0.3, 0.4) is 0 Å². The molecule has 1 saturated heterocycles. The number of nitrogens with one attached hydrogen (secondary N) is 2. The van der Waals surface area contributed by atoms with Gasteiger partial charge in [-0.3, -0.25) is 4.79 Å². The lowest BCUT2D eigenvalue weighted by Gasteiger charge is -2.25. The van der Waals surface area contributed by atoms with Crippen LogP contribution in [0, 0.1) is 3.57 Å². The first-order valence-corrected chi connectivity index (χ1v) is 10.9. The average molecular weight is 505 g/mol. The molecule has 0 saturated carbocycles. The van der Waals surface area contributed by atoms with E-state index in [1.165, 1.54) is 3.57 Å². The van der Waals surface area contributed by atoms with Crippen LogP contribution in [0.25, 0.3) is 11.0 Å². The van der Waals surface area contributed by atoms with Gasteiger partial charge in [-0.1, -0.05) is 12.1 Å². The standard InChI is InChI=1S/C21H24IN5O2/c1-2-27-20-17(13-25-27)19(26-16-7-9-29-10-8-16)18(12-23-20)21(28)24-11-14-3-5-15(22)6-4-14/h3-6,12-13,16H,2,7-11H2,1H3,(H,23,26)(H,24,28). The summed E-state index contributed by atoms with van der Waals surface area (Å²) in [5.41, 5.74) is 3.20. The summed E-state index contributed by atoms with van der Waals surface area (Å²) in [5, 5.41) is 11.9. The largest absolute Gasteiger partial charge is 0.381 e. The van der Waals surface area contributed by atoms with Crippen LogP contribution in [-0.2, 0) is 17.8 Å². The molecule has 0 aliphatic carbocycles. The maximum Gasteiger partial charge on any atom is 0.255 e. The number of ether oxygens (including phenoxy) is 1. The predicted molar refractivity (Wildman–Crippen MR) is 121 cm³/mol. The number of carbonyl (C=O) groups is 1. The number of aromatic nitrogens is 3. The maximum absolute atomic E-state index is 13.0. The Kier molecular flexibility index (Phi) is 6.29. The van der Waals surface area contributed by atoms with Crippen LogP contribution in [-0.4, -0.2) is 39.9 Å². The number of carbonyl (C=O) groups excluding carboxylic acids is 1. The van der Waals surface area contributed by atoms with Gasteiger partial charge in [-0.25, -0.2) is 9.67 Å². The summed E-state index contributed by atoms with van der Waals surface area (Å²) < 4.78 is 8.49. The normalized spacial score (nSPS) is 14.8. The Balaban J connectivity index is 1.61. The van der Waals surface area contributed by atoms with Crippen molar-refractivity contribution in [1.82, 2.24) is 20.1 Å². The van der Waals surface area contributed by atoms with Crippen molar-refractivity contribution in [3.63, 3.8) is 0 Å². The molecular weight excluding hydrogens is 481 g/mol. The molecule has 1 aliphatic rings. The Bertz CT molecular complexity index is 996. The monoisotopic (exact) mass is 505 g/mol. The fourth-order valence-electron chi connectivity index (χ4n) is 3.51. The van der Waals surface area contributed by atoms with E-state index in [9.17, 15) is 4.79 Å². The third-order valence-corrected chi connectivity index (χ3v) is 5.87. The van der Waals surface area contributed by atoms with Crippen LogP contribution in [0.4, 0.5) is 5.69 Å². The van der Waals surface area contributed by atoms with Gasteiger partial charge in [-0.05, 0) is 60.1 Å². The van der Waals surface area contributed by atoms with Crippen molar-refractivity contribution in [1.29, 1.82) is 0 Å². The van der Waals surface area contributed by atoms with E-state index >= 15 is 0 Å². The van der Waals surface area contributed by atoms with E-state index in [0.29, 0.717) is 12.1 Å². The Morgan fingerprint density at radius 2 is 2.00 bits per heavy atom. The molecule has 1 aliphatic heterocycles. The van der Waals surface area contributed by atoms with Crippen molar-refractivity contribution in [2.24, 2.45) is 0 Å². The fourth-order valence-corrected chi connectivity index (χ4v) is 3.87. The second-order valence-electron chi connectivity index (χ2n) is 7.08. The molecule has 0 spiro atoms. The zero-order valence-corrected chi connectivity index (χ0v) is 18.5. The van der Waals surface area contributed by atoms with Crippen LogP contribution in [0.2, 0.25) is 0 Å². The van der Waals surface area contributed by atoms with Gasteiger partial charge in [-0.15, -0.1) is 0 Å². The molecule has 2 aromatic heterocycles. The van der Waals surface area contributed by atoms with Crippen LogP contribution >= 0.6 is 22.6 Å². The Hall–Kier alpha value is -2.20. The van der Waals surface area contributed by atoms with Gasteiger partial charge in [0.25, 0.3) is 5.91 Å². The van der Waals surface area contributed by atoms with Gasteiger partial charge in [0.05, 0.1) is 22.8 Å². The Morgan fingerprint density at radius 1 is 1.24 bits per heavy atom. The van der Waals surface area contributed by atoms with Gasteiger partial charge >= 0.3 is 0 Å². The zero-order valence-electron chi connectivity index (χ0n) is 16.3. The van der Waals surface area contributed by atoms with E-state index in [2.05, 4.69) is 43.3 Å². The zero-order chi connectivity index (χ0) is 20.2. The first-order valence-electron chi connectivity index (χ1n) is 9.87. The van der Waals surface area contributed by atoms with Crippen LogP contribution in [0.15, 0.2) is 36.7 Å². The second-order valence-corrected chi connectivity index (χ2v) is 8.33. The number of nitrogens with zero attached hydrogens (tertiary/aromatic N) is 3. The maximum atomic E-state index is 13.0. The third-order valence-electron chi connectivity index (χ3n) is 5.15. The van der Waals surface area contributed by atoms with Crippen molar-refractivity contribution in [3.05, 3.63) is 51.4 Å². The number of rotatable bonds is 6. The highest BCUT2D eigenvalue weighted by Gasteiger charge is 2.22. The van der Waals surface area contributed by atoms with Crippen molar-refractivity contribution in [2.75, 3.05) is 18.5 Å². The number of hydrogen-bond acceptors (Lipinski definition) is 5. The van der Waals surface area contributed by atoms with Crippen molar-refractivity contribution in [2.45, 2.75) is 38.9 Å². The topological polar surface area (TPSA) is 81.1 Å². The van der Waals surface area contributed by atoms with Gasteiger partial charge < -0.3 is 15.4 Å². The van der Waals surface area contributed by atoms with E-state index in [1.54, 1.807) is 12.4 Å². The molecule has 8 heteroatoms. The van der Waals surface area contributed by atoms with Crippen LogP contribution in [0.1, 0.15) is 35.7 Å². The van der Waals surface area contributed by atoms with Gasteiger partial charge in [0, 0.05) is 42.1 Å². The minimum absolute atomic E-state index is 0.142. The molecule has 1 fully saturated rings. The van der Waals surface area contributed by atoms with Crippen LogP contribution in [0.5, 0.6) is 0 Å². The first kappa shape index (κ1) is 20.1. The van der Waals surface area contributed by atoms with Crippen molar-refractivity contribution in [3.8, 4) is 0 Å². The molecule has 0 radical (unpaired) electrons. The van der Waals surface area contributed by atoms with Crippen LogP contribution < -0.4 is 10.6 Å². The highest BCUT2D eigenvalue weighted by Crippen LogP contribution is 2.28. The summed E-state index contributed by atoms with van der Waals surface area (Å²) in [4.78, 5) is 17.6. The lowest BCUT2D eigenvalue weighted by Crippen LogP contribution is -2.30. The van der Waals surface area contributed by atoms with E-state index in [1.807, 2.05) is 35.9 Å². The highest BCUT2D eigenvalue weighted by molar-refractivity contribution is 14.1. The average Bonchev–Trinajstić information content (AvgIpc) is 3.18. The van der Waals surface area contributed by atoms with Crippen molar-refractivity contribution < 1.29 is 9.53 Å². The molecule has 4 rings (SSSR count). The van der Waals surface area contributed by atoms with Gasteiger partial charge in [-0.2, -0.15) is 5.10 Å². The molecule has 29 heavy (non-hydrogen) atoms. The number of benzene rings is 1. The number of fused-ring (bicyclic) bond motifs is 1. The van der Waals surface area contributed by atoms with E-state index in [4.69, 9.17) is 4.74 Å². The quantitative estimate of drug-likeness (QED) is 0.501. The molecular formula is C21H24IN5O2. The molecule has 1 aromatic carbocycles. The van der Waals surface area contributed by atoms with Gasteiger partial charge in [0.1, 0.15) is 0 Å². The molecule has 3 heterocycles. The first-order chi connectivity index (χ1) is 14.2. The summed E-state index contributed by atoms with van der Waals surface area (Å²) in [6.07, 6.45) is 5.27. The number of hydrogen-bond donors (Lipinski definition) is 2. The molecule has 2 N–H and O–H groups in total. The van der Waals surface area contributed by atoms with Gasteiger partial charge in [0.15, 0.2) is 5.65 Å². The summed E-state index contributed by atoms with van der Waals surface area (Å²) in [5.74, 6) is -0.142. The van der Waals surface area contributed by atoms with Gasteiger partial charge in [0.2, 0.25) is 0 Å². The molecule has 0 unspecified atom stereocenters. The Labute approximate surface area is 183 Å². The predicted octanol–water partition coefficient (Wildman–Crippen LogP) is 3.58. The molecule has 7 nitrogen and oxygen atoms in total. The number of halogens is 1. The fraction of sp³-hybridized carbons (Fsp3) is 0.381. The summed E-state index contributed by atoms with van der Waals surface area (Å²) >= 11 is 2.27. The van der Waals surface area contributed by atoms with E-state index < -0.39 is 0 Å². The smallest absolute Gasteiger partial charge is 0.255 e. The van der Waals surface area contributed by atoms with Crippen molar-refractivity contribution >= 4 is 45.2 Å². The minimum atomic E-state index is -0.142. The second kappa shape index (κ2) is 9.08.